The number of rotatable bonds is 7. The lowest BCUT2D eigenvalue weighted by Crippen LogP contribution is -2.44. The zero-order valence-electron chi connectivity index (χ0n) is 9.23. The van der Waals surface area contributed by atoms with Crippen LogP contribution in [0.5, 0.6) is 0 Å². The standard InChI is InChI=1S/C9H20BrNO2Si/c1-4-13-14-6-5-9(2,3)11-8(12)7-10/h4-7,14H2,1-3H3,(H,11,12). The molecule has 0 aliphatic carbocycles. The van der Waals surface area contributed by atoms with Gasteiger partial charge in [-0.25, -0.2) is 0 Å². The molecule has 14 heavy (non-hydrogen) atoms. The Morgan fingerprint density at radius 2 is 2.21 bits per heavy atom. The van der Waals surface area contributed by atoms with Crippen LogP contribution in [-0.4, -0.2) is 33.1 Å². The molecular formula is C9H20BrNO2Si. The topological polar surface area (TPSA) is 38.3 Å². The van der Waals surface area contributed by atoms with Gasteiger partial charge in [-0.2, -0.15) is 0 Å². The Labute approximate surface area is 97.0 Å². The molecule has 0 saturated carbocycles. The fourth-order valence-electron chi connectivity index (χ4n) is 1.23. The second kappa shape index (κ2) is 7.42. The molecule has 84 valence electrons. The predicted molar refractivity (Wildman–Crippen MR) is 65.6 cm³/mol. The van der Waals surface area contributed by atoms with Crippen LogP contribution in [0.3, 0.4) is 0 Å². The van der Waals surface area contributed by atoms with E-state index in [4.69, 9.17) is 4.43 Å². The van der Waals surface area contributed by atoms with E-state index in [2.05, 4.69) is 21.2 Å². The molecule has 1 N–H and O–H groups in total. The third-order valence-electron chi connectivity index (χ3n) is 1.89. The zero-order valence-corrected chi connectivity index (χ0v) is 12.2. The highest BCUT2D eigenvalue weighted by atomic mass is 79.9. The van der Waals surface area contributed by atoms with E-state index in [1.165, 1.54) is 0 Å². The van der Waals surface area contributed by atoms with Crippen molar-refractivity contribution in [2.75, 3.05) is 11.9 Å². The van der Waals surface area contributed by atoms with E-state index in [-0.39, 0.29) is 21.2 Å². The maximum absolute atomic E-state index is 11.1. The third-order valence-corrected chi connectivity index (χ3v) is 3.74. The Hall–Kier alpha value is 0.127. The molecule has 0 aromatic carbocycles. The lowest BCUT2D eigenvalue weighted by atomic mass is 10.0. The molecule has 0 saturated heterocycles. The second-order valence-electron chi connectivity index (χ2n) is 3.87. The fraction of sp³-hybridized carbons (Fsp3) is 0.889. The summed E-state index contributed by atoms with van der Waals surface area (Å²) in [6, 6.07) is 1.11. The van der Waals surface area contributed by atoms with E-state index in [0.717, 1.165) is 19.1 Å². The molecule has 1 amide bonds. The average molecular weight is 282 g/mol. The van der Waals surface area contributed by atoms with E-state index >= 15 is 0 Å². The van der Waals surface area contributed by atoms with E-state index in [1.807, 2.05) is 20.8 Å². The molecule has 0 atom stereocenters. The van der Waals surface area contributed by atoms with Crippen molar-refractivity contribution in [2.45, 2.75) is 38.8 Å². The molecule has 0 heterocycles. The van der Waals surface area contributed by atoms with Crippen molar-refractivity contribution in [1.82, 2.24) is 5.32 Å². The molecule has 5 heteroatoms. The normalized spacial score (nSPS) is 12.3. The summed E-state index contributed by atoms with van der Waals surface area (Å²) >= 11 is 3.13. The maximum atomic E-state index is 11.1. The number of nitrogens with one attached hydrogen (secondary N) is 1. The molecular weight excluding hydrogens is 262 g/mol. The Balaban J connectivity index is 3.66. The molecule has 0 aliphatic heterocycles. The molecule has 0 bridgehead atoms. The van der Waals surface area contributed by atoms with Crippen LogP contribution in [0.15, 0.2) is 0 Å². The summed E-state index contributed by atoms with van der Waals surface area (Å²) in [6.45, 7) is 6.94. The fourth-order valence-corrected chi connectivity index (χ4v) is 2.90. The largest absolute Gasteiger partial charge is 0.424 e. The highest BCUT2D eigenvalue weighted by Crippen LogP contribution is 2.11. The van der Waals surface area contributed by atoms with Gasteiger partial charge in [-0.15, -0.1) is 0 Å². The molecule has 0 aromatic rings. The molecule has 0 unspecified atom stereocenters. The number of alkyl halides is 1. The predicted octanol–water partition coefficient (Wildman–Crippen LogP) is 1.20. The van der Waals surface area contributed by atoms with Crippen LogP contribution in [-0.2, 0) is 9.22 Å². The van der Waals surface area contributed by atoms with Crippen molar-refractivity contribution < 1.29 is 9.22 Å². The summed E-state index contributed by atoms with van der Waals surface area (Å²) in [7, 11) is -0.372. The Morgan fingerprint density at radius 3 is 2.71 bits per heavy atom. The molecule has 3 nitrogen and oxygen atoms in total. The van der Waals surface area contributed by atoms with Gasteiger partial charge in [-0.1, -0.05) is 15.9 Å². The van der Waals surface area contributed by atoms with E-state index in [1.54, 1.807) is 0 Å². The average Bonchev–Trinajstić information content (AvgIpc) is 2.12. The molecule has 0 aliphatic rings. The summed E-state index contributed by atoms with van der Waals surface area (Å²) in [4.78, 5) is 11.1. The van der Waals surface area contributed by atoms with Crippen molar-refractivity contribution in [2.24, 2.45) is 0 Å². The summed E-state index contributed by atoms with van der Waals surface area (Å²) in [5.41, 5.74) is -0.102. The zero-order chi connectivity index (χ0) is 11.0. The first-order valence-electron chi connectivity index (χ1n) is 4.96. The van der Waals surface area contributed by atoms with Crippen molar-refractivity contribution in [3.8, 4) is 0 Å². The molecule has 0 fully saturated rings. The number of halogens is 1. The van der Waals surface area contributed by atoms with Crippen LogP contribution in [0, 0.1) is 0 Å². The van der Waals surface area contributed by atoms with Gasteiger partial charge >= 0.3 is 0 Å². The van der Waals surface area contributed by atoms with Crippen LogP contribution >= 0.6 is 15.9 Å². The first-order valence-corrected chi connectivity index (χ1v) is 7.66. The van der Waals surface area contributed by atoms with Crippen LogP contribution in [0.25, 0.3) is 0 Å². The van der Waals surface area contributed by atoms with Gasteiger partial charge in [0, 0.05) is 12.1 Å². The number of hydrogen-bond donors (Lipinski definition) is 1. The lowest BCUT2D eigenvalue weighted by molar-refractivity contribution is -0.120. The summed E-state index contributed by atoms with van der Waals surface area (Å²) < 4.78 is 5.38. The van der Waals surface area contributed by atoms with Gasteiger partial charge in [-0.3, -0.25) is 4.79 Å². The quantitative estimate of drug-likeness (QED) is 0.433. The first kappa shape index (κ1) is 14.1. The van der Waals surface area contributed by atoms with E-state index < -0.39 is 0 Å². The summed E-state index contributed by atoms with van der Waals surface area (Å²) in [5, 5.41) is 3.34. The van der Waals surface area contributed by atoms with Gasteiger partial charge in [0.2, 0.25) is 5.91 Å². The van der Waals surface area contributed by atoms with Gasteiger partial charge in [0.25, 0.3) is 0 Å². The van der Waals surface area contributed by atoms with Gasteiger partial charge in [0.1, 0.15) is 0 Å². The molecule has 0 spiro atoms. The Bertz CT molecular complexity index is 176. The Morgan fingerprint density at radius 1 is 1.57 bits per heavy atom. The number of carbonyl (C=O) groups is 1. The van der Waals surface area contributed by atoms with Crippen molar-refractivity contribution in [3.63, 3.8) is 0 Å². The third kappa shape index (κ3) is 7.52. The smallest absolute Gasteiger partial charge is 0.231 e. The molecule has 0 radical (unpaired) electrons. The van der Waals surface area contributed by atoms with Crippen LogP contribution in [0.4, 0.5) is 0 Å². The highest BCUT2D eigenvalue weighted by Gasteiger charge is 2.18. The van der Waals surface area contributed by atoms with Crippen LogP contribution < -0.4 is 5.32 Å². The van der Waals surface area contributed by atoms with Gasteiger partial charge in [0.15, 0.2) is 9.76 Å². The molecule has 0 rings (SSSR count). The lowest BCUT2D eigenvalue weighted by Gasteiger charge is -2.25. The number of amides is 1. The summed E-state index contributed by atoms with van der Waals surface area (Å²) in [6.07, 6.45) is 0.998. The second-order valence-corrected chi connectivity index (χ2v) is 5.95. The van der Waals surface area contributed by atoms with Gasteiger partial charge in [-0.05, 0) is 33.2 Å². The minimum atomic E-state index is -0.372. The van der Waals surface area contributed by atoms with E-state index in [9.17, 15) is 4.79 Å². The van der Waals surface area contributed by atoms with Crippen LogP contribution in [0.2, 0.25) is 6.04 Å². The van der Waals surface area contributed by atoms with Gasteiger partial charge < -0.3 is 9.74 Å². The van der Waals surface area contributed by atoms with Crippen molar-refractivity contribution >= 4 is 31.6 Å². The minimum Gasteiger partial charge on any atom is -0.424 e. The monoisotopic (exact) mass is 281 g/mol. The van der Waals surface area contributed by atoms with E-state index in [0.29, 0.717) is 5.33 Å². The summed E-state index contributed by atoms with van der Waals surface area (Å²) in [5.74, 6) is 0.0491. The maximum Gasteiger partial charge on any atom is 0.231 e. The first-order chi connectivity index (χ1) is 6.52. The van der Waals surface area contributed by atoms with Gasteiger partial charge in [0.05, 0.1) is 5.33 Å². The van der Waals surface area contributed by atoms with Crippen molar-refractivity contribution in [1.29, 1.82) is 0 Å². The molecule has 0 aromatic heterocycles. The van der Waals surface area contributed by atoms with Crippen molar-refractivity contribution in [3.05, 3.63) is 0 Å². The van der Waals surface area contributed by atoms with Crippen LogP contribution in [0.1, 0.15) is 27.2 Å². The SMILES string of the molecule is CCO[SiH2]CCC(C)(C)NC(=O)CBr. The minimum absolute atomic E-state index is 0.0491. The Kier molecular flexibility index (Phi) is 7.49. The number of carbonyl (C=O) groups excluding carboxylic acids is 1. The highest BCUT2D eigenvalue weighted by molar-refractivity contribution is 9.09. The number of hydrogen-bond acceptors (Lipinski definition) is 2.